The Labute approximate surface area is 84.6 Å². The summed E-state index contributed by atoms with van der Waals surface area (Å²) in [6.07, 6.45) is 2.62. The Balaban J connectivity index is 2.35. The van der Waals surface area contributed by atoms with Crippen LogP contribution in [-0.2, 0) is 9.53 Å². The topological polar surface area (TPSA) is 58.6 Å². The SMILES string of the molecule is CCOC(=O)[C@H]1C[C@H](CCO)CCN1. The van der Waals surface area contributed by atoms with Gasteiger partial charge < -0.3 is 15.2 Å². The van der Waals surface area contributed by atoms with Crippen molar-refractivity contribution in [1.82, 2.24) is 5.32 Å². The molecule has 4 heteroatoms. The summed E-state index contributed by atoms with van der Waals surface area (Å²) in [6, 6.07) is -0.166. The van der Waals surface area contributed by atoms with Crippen molar-refractivity contribution < 1.29 is 14.6 Å². The van der Waals surface area contributed by atoms with Crippen LogP contribution in [0.15, 0.2) is 0 Å². The molecule has 2 atom stereocenters. The van der Waals surface area contributed by atoms with Crippen molar-refractivity contribution in [3.8, 4) is 0 Å². The minimum atomic E-state index is -0.166. The van der Waals surface area contributed by atoms with Gasteiger partial charge in [-0.05, 0) is 38.6 Å². The minimum absolute atomic E-state index is 0.157. The van der Waals surface area contributed by atoms with Crippen LogP contribution in [0.2, 0.25) is 0 Å². The fraction of sp³-hybridized carbons (Fsp3) is 0.900. The van der Waals surface area contributed by atoms with E-state index in [0.29, 0.717) is 12.5 Å². The normalized spacial score (nSPS) is 27.3. The highest BCUT2D eigenvalue weighted by Gasteiger charge is 2.27. The molecule has 4 nitrogen and oxygen atoms in total. The predicted octanol–water partition coefficient (Wildman–Crippen LogP) is 0.300. The third-order valence-electron chi connectivity index (χ3n) is 2.62. The number of aliphatic hydroxyl groups is 1. The molecule has 0 aromatic heterocycles. The van der Waals surface area contributed by atoms with Gasteiger partial charge in [-0.3, -0.25) is 4.79 Å². The molecule has 0 unspecified atom stereocenters. The lowest BCUT2D eigenvalue weighted by molar-refractivity contribution is -0.146. The summed E-state index contributed by atoms with van der Waals surface area (Å²) in [7, 11) is 0. The number of aliphatic hydroxyl groups excluding tert-OH is 1. The Kier molecular flexibility index (Phi) is 4.90. The maximum absolute atomic E-state index is 11.4. The average Bonchev–Trinajstić information content (AvgIpc) is 2.19. The van der Waals surface area contributed by atoms with Crippen LogP contribution in [0, 0.1) is 5.92 Å². The molecule has 0 amide bonds. The molecule has 1 heterocycles. The molecule has 1 saturated heterocycles. The van der Waals surface area contributed by atoms with Crippen molar-refractivity contribution in [2.75, 3.05) is 19.8 Å². The molecule has 1 aliphatic rings. The number of nitrogens with one attached hydrogen (secondary N) is 1. The summed E-state index contributed by atoms with van der Waals surface area (Å²) >= 11 is 0. The lowest BCUT2D eigenvalue weighted by Crippen LogP contribution is -2.44. The van der Waals surface area contributed by atoms with E-state index in [1.54, 1.807) is 0 Å². The maximum atomic E-state index is 11.4. The van der Waals surface area contributed by atoms with Crippen molar-refractivity contribution in [2.45, 2.75) is 32.2 Å². The van der Waals surface area contributed by atoms with Gasteiger partial charge in [0, 0.05) is 6.61 Å². The fourth-order valence-corrected chi connectivity index (χ4v) is 1.86. The standard InChI is InChI=1S/C10H19NO3/c1-2-14-10(13)9-7-8(4-6-12)3-5-11-9/h8-9,11-12H,2-7H2,1H3/t8-,9+/m0/s1. The van der Waals surface area contributed by atoms with Crippen LogP contribution in [0.3, 0.4) is 0 Å². The van der Waals surface area contributed by atoms with E-state index in [-0.39, 0.29) is 18.6 Å². The quantitative estimate of drug-likeness (QED) is 0.642. The van der Waals surface area contributed by atoms with Gasteiger partial charge in [0.2, 0.25) is 0 Å². The highest BCUT2D eigenvalue weighted by Crippen LogP contribution is 2.19. The molecule has 0 aliphatic carbocycles. The van der Waals surface area contributed by atoms with E-state index in [2.05, 4.69) is 5.32 Å². The molecule has 0 aromatic carbocycles. The van der Waals surface area contributed by atoms with Gasteiger partial charge in [0.25, 0.3) is 0 Å². The highest BCUT2D eigenvalue weighted by molar-refractivity contribution is 5.75. The minimum Gasteiger partial charge on any atom is -0.465 e. The largest absolute Gasteiger partial charge is 0.465 e. The molecule has 0 bridgehead atoms. The summed E-state index contributed by atoms with van der Waals surface area (Å²) in [6.45, 7) is 3.29. The second-order valence-corrected chi connectivity index (χ2v) is 3.66. The van der Waals surface area contributed by atoms with Crippen molar-refractivity contribution in [3.05, 3.63) is 0 Å². The van der Waals surface area contributed by atoms with E-state index >= 15 is 0 Å². The molecule has 0 radical (unpaired) electrons. The Morgan fingerprint density at radius 3 is 3.07 bits per heavy atom. The Hall–Kier alpha value is -0.610. The molecule has 1 aliphatic heterocycles. The first-order valence-electron chi connectivity index (χ1n) is 5.28. The number of rotatable bonds is 4. The van der Waals surface area contributed by atoms with E-state index in [1.165, 1.54) is 0 Å². The molecule has 82 valence electrons. The lowest BCUT2D eigenvalue weighted by Gasteiger charge is -2.28. The van der Waals surface area contributed by atoms with Crippen LogP contribution >= 0.6 is 0 Å². The third-order valence-corrected chi connectivity index (χ3v) is 2.62. The molecule has 0 saturated carbocycles. The van der Waals surface area contributed by atoms with Crippen LogP contribution in [0.5, 0.6) is 0 Å². The van der Waals surface area contributed by atoms with Crippen LogP contribution in [0.25, 0.3) is 0 Å². The first kappa shape index (κ1) is 11.5. The van der Waals surface area contributed by atoms with E-state index in [0.717, 1.165) is 25.8 Å². The molecule has 0 spiro atoms. The Bertz CT molecular complexity index is 182. The third kappa shape index (κ3) is 3.27. The fourth-order valence-electron chi connectivity index (χ4n) is 1.86. The van der Waals surface area contributed by atoms with Gasteiger partial charge >= 0.3 is 5.97 Å². The second kappa shape index (κ2) is 5.98. The summed E-state index contributed by atoms with van der Waals surface area (Å²) < 4.78 is 4.94. The van der Waals surface area contributed by atoms with Gasteiger partial charge in [0.05, 0.1) is 6.61 Å². The zero-order valence-corrected chi connectivity index (χ0v) is 8.66. The van der Waals surface area contributed by atoms with Gasteiger partial charge in [-0.25, -0.2) is 0 Å². The van der Waals surface area contributed by atoms with Crippen molar-refractivity contribution in [1.29, 1.82) is 0 Å². The van der Waals surface area contributed by atoms with Crippen molar-refractivity contribution in [3.63, 3.8) is 0 Å². The molecule has 1 rings (SSSR count). The van der Waals surface area contributed by atoms with Crippen molar-refractivity contribution >= 4 is 5.97 Å². The number of hydrogen-bond acceptors (Lipinski definition) is 4. The molecule has 14 heavy (non-hydrogen) atoms. The lowest BCUT2D eigenvalue weighted by atomic mass is 9.90. The molecular formula is C10H19NO3. The summed E-state index contributed by atoms with van der Waals surface area (Å²) in [5, 5.41) is 11.9. The number of carbonyl (C=O) groups excluding carboxylic acids is 1. The maximum Gasteiger partial charge on any atom is 0.323 e. The van der Waals surface area contributed by atoms with E-state index in [1.807, 2.05) is 6.92 Å². The Morgan fingerprint density at radius 1 is 1.64 bits per heavy atom. The van der Waals surface area contributed by atoms with Crippen LogP contribution < -0.4 is 5.32 Å². The highest BCUT2D eigenvalue weighted by atomic mass is 16.5. The summed E-state index contributed by atoms with van der Waals surface area (Å²) in [4.78, 5) is 11.4. The van der Waals surface area contributed by atoms with Crippen LogP contribution in [0.1, 0.15) is 26.2 Å². The number of esters is 1. The monoisotopic (exact) mass is 201 g/mol. The molecule has 2 N–H and O–H groups in total. The number of piperidine rings is 1. The zero-order valence-electron chi connectivity index (χ0n) is 8.66. The van der Waals surface area contributed by atoms with Crippen molar-refractivity contribution in [2.24, 2.45) is 5.92 Å². The second-order valence-electron chi connectivity index (χ2n) is 3.66. The average molecular weight is 201 g/mol. The zero-order chi connectivity index (χ0) is 10.4. The van der Waals surface area contributed by atoms with Gasteiger partial charge in [-0.15, -0.1) is 0 Å². The first-order chi connectivity index (χ1) is 6.77. The number of hydrogen-bond donors (Lipinski definition) is 2. The van der Waals surface area contributed by atoms with Gasteiger partial charge in [-0.2, -0.15) is 0 Å². The van der Waals surface area contributed by atoms with Crippen LogP contribution in [0.4, 0.5) is 0 Å². The van der Waals surface area contributed by atoms with Gasteiger partial charge in [0.15, 0.2) is 0 Å². The van der Waals surface area contributed by atoms with Gasteiger partial charge in [-0.1, -0.05) is 0 Å². The smallest absolute Gasteiger partial charge is 0.323 e. The summed E-state index contributed by atoms with van der Waals surface area (Å²) in [5.41, 5.74) is 0. The predicted molar refractivity (Wildman–Crippen MR) is 52.9 cm³/mol. The molecule has 0 aromatic rings. The summed E-state index contributed by atoms with van der Waals surface area (Å²) in [5.74, 6) is 0.297. The van der Waals surface area contributed by atoms with E-state index in [9.17, 15) is 4.79 Å². The first-order valence-corrected chi connectivity index (χ1v) is 5.28. The number of ether oxygens (including phenoxy) is 1. The molecular weight excluding hydrogens is 182 g/mol. The van der Waals surface area contributed by atoms with E-state index < -0.39 is 0 Å². The molecule has 1 fully saturated rings. The van der Waals surface area contributed by atoms with Gasteiger partial charge in [0.1, 0.15) is 6.04 Å². The Morgan fingerprint density at radius 2 is 2.43 bits per heavy atom. The van der Waals surface area contributed by atoms with E-state index in [4.69, 9.17) is 9.84 Å². The number of carbonyl (C=O) groups is 1. The van der Waals surface area contributed by atoms with Crippen LogP contribution in [-0.4, -0.2) is 36.9 Å².